The van der Waals surface area contributed by atoms with E-state index in [-0.39, 0.29) is 0 Å². The summed E-state index contributed by atoms with van der Waals surface area (Å²) < 4.78 is 2.06. The van der Waals surface area contributed by atoms with Crippen LogP contribution in [-0.2, 0) is 13.1 Å². The number of phenols is 1. The Bertz CT molecular complexity index is 986. The van der Waals surface area contributed by atoms with Crippen molar-refractivity contribution in [2.45, 2.75) is 39.3 Å². The Labute approximate surface area is 198 Å². The lowest BCUT2D eigenvalue weighted by Gasteiger charge is -2.16. The number of likely N-dealkylation sites (tertiary alicyclic amines) is 1. The maximum Gasteiger partial charge on any atom is 0.116 e. The summed E-state index contributed by atoms with van der Waals surface area (Å²) in [5.74, 6) is 0.910. The molecule has 3 N–H and O–H groups in total. The molecule has 1 aromatic heterocycles. The van der Waals surface area contributed by atoms with E-state index in [1.54, 1.807) is 19.2 Å². The average molecular weight is 448 g/mol. The van der Waals surface area contributed by atoms with Crippen LogP contribution in [0.1, 0.15) is 36.0 Å². The van der Waals surface area contributed by atoms with E-state index < -0.39 is 0 Å². The number of aliphatic imine (C=N–C) groups is 1. The van der Waals surface area contributed by atoms with Crippen molar-refractivity contribution in [3.63, 3.8) is 0 Å². The van der Waals surface area contributed by atoms with Crippen molar-refractivity contribution in [3.8, 4) is 17.0 Å². The van der Waals surface area contributed by atoms with Gasteiger partial charge in [-0.2, -0.15) is 5.10 Å². The lowest BCUT2D eigenvalue weighted by Crippen LogP contribution is -2.24. The molecule has 0 aliphatic carbocycles. The topological polar surface area (TPSA) is 79.7 Å². The minimum absolute atomic E-state index is 0.298. The zero-order chi connectivity index (χ0) is 24.2. The van der Waals surface area contributed by atoms with Crippen LogP contribution in [0.2, 0.25) is 0 Å². The number of aromatic nitrogens is 2. The van der Waals surface area contributed by atoms with Crippen LogP contribution in [0, 0.1) is 6.92 Å². The van der Waals surface area contributed by atoms with Crippen LogP contribution >= 0.6 is 0 Å². The molecule has 1 aliphatic rings. The molecular formula is C27H37N5O. The molecule has 3 aromatic rings. The third-order valence-corrected chi connectivity index (χ3v) is 5.44. The Balaban J connectivity index is 0.000000582. The van der Waals surface area contributed by atoms with Crippen LogP contribution in [0.5, 0.6) is 5.75 Å². The van der Waals surface area contributed by atoms with Gasteiger partial charge in [-0.1, -0.05) is 43.8 Å². The summed E-state index contributed by atoms with van der Waals surface area (Å²) in [6.07, 6.45) is 5.53. The number of aromatic hydroxyl groups is 1. The van der Waals surface area contributed by atoms with Crippen molar-refractivity contribution < 1.29 is 5.11 Å². The summed E-state index contributed by atoms with van der Waals surface area (Å²) >= 11 is 0. The van der Waals surface area contributed by atoms with Crippen molar-refractivity contribution in [3.05, 3.63) is 84.2 Å². The number of benzene rings is 2. The van der Waals surface area contributed by atoms with Crippen LogP contribution in [0.25, 0.3) is 11.3 Å². The molecule has 0 saturated carbocycles. The van der Waals surface area contributed by atoms with Crippen molar-refractivity contribution in [1.29, 1.82) is 0 Å². The average Bonchev–Trinajstić information content (AvgIpc) is 3.42. The molecule has 1 unspecified atom stereocenters. The zero-order valence-corrected chi connectivity index (χ0v) is 20.1. The maximum atomic E-state index is 9.95. The second-order valence-corrected chi connectivity index (χ2v) is 8.12. The molecule has 2 heterocycles. The van der Waals surface area contributed by atoms with E-state index in [1.807, 2.05) is 6.92 Å². The molecule has 0 radical (unpaired) electrons. The van der Waals surface area contributed by atoms with Crippen molar-refractivity contribution in [2.24, 2.45) is 10.7 Å². The first-order valence-corrected chi connectivity index (χ1v) is 11.3. The first-order chi connectivity index (χ1) is 15.9. The highest BCUT2D eigenvalue weighted by atomic mass is 16.3. The minimum atomic E-state index is 0.298. The number of hydrogen-bond donors (Lipinski definition) is 2. The first kappa shape index (κ1) is 25.9. The lowest BCUT2D eigenvalue weighted by atomic mass is 9.99. The van der Waals surface area contributed by atoms with Crippen LogP contribution in [0.15, 0.2) is 72.5 Å². The molecule has 0 amide bonds. The molecule has 2 aromatic carbocycles. The number of hydrogen-bond acceptors (Lipinski definition) is 5. The van der Waals surface area contributed by atoms with E-state index >= 15 is 0 Å². The number of rotatable bonds is 5. The summed E-state index contributed by atoms with van der Waals surface area (Å²) in [4.78, 5) is 5.72. The highest BCUT2D eigenvalue weighted by Crippen LogP contribution is 2.29. The van der Waals surface area contributed by atoms with E-state index in [9.17, 15) is 5.11 Å². The second kappa shape index (κ2) is 13.2. The number of phenolic OH excluding ortho intramolecular Hbond substituents is 1. The Morgan fingerprint density at radius 2 is 1.91 bits per heavy atom. The van der Waals surface area contributed by atoms with Crippen molar-refractivity contribution >= 4 is 6.72 Å². The number of aryl methyl sites for hydroxylation is 2. The third-order valence-electron chi connectivity index (χ3n) is 5.44. The second-order valence-electron chi connectivity index (χ2n) is 8.12. The van der Waals surface area contributed by atoms with Gasteiger partial charge in [-0.25, -0.2) is 0 Å². The van der Waals surface area contributed by atoms with Gasteiger partial charge in [-0.15, -0.1) is 0 Å². The number of nitrogens with two attached hydrogens (primary N) is 1. The Morgan fingerprint density at radius 3 is 2.52 bits per heavy atom. The SMILES string of the molecule is C=CN.C=NC.CCc1cn(CN2CCC(c3ccccc3)C2)nc1-c1cc(C)cc(O)c1. The number of nitrogens with zero attached hydrogens (tertiary/aromatic N) is 4. The van der Waals surface area contributed by atoms with E-state index in [1.165, 1.54) is 23.7 Å². The molecule has 1 aliphatic heterocycles. The van der Waals surface area contributed by atoms with E-state index in [2.05, 4.69) is 83.1 Å². The van der Waals surface area contributed by atoms with Gasteiger partial charge in [0, 0.05) is 31.9 Å². The van der Waals surface area contributed by atoms with Gasteiger partial charge < -0.3 is 15.8 Å². The van der Waals surface area contributed by atoms with Crippen LogP contribution < -0.4 is 5.73 Å². The highest BCUT2D eigenvalue weighted by Gasteiger charge is 2.24. The smallest absolute Gasteiger partial charge is 0.116 e. The van der Waals surface area contributed by atoms with Crippen molar-refractivity contribution in [1.82, 2.24) is 14.7 Å². The fourth-order valence-corrected chi connectivity index (χ4v) is 4.10. The monoisotopic (exact) mass is 447 g/mol. The van der Waals surface area contributed by atoms with Gasteiger partial charge in [0.15, 0.2) is 0 Å². The van der Waals surface area contributed by atoms with Crippen LogP contribution in [0.4, 0.5) is 0 Å². The van der Waals surface area contributed by atoms with E-state index in [0.717, 1.165) is 43.0 Å². The molecule has 1 atom stereocenters. The molecule has 0 spiro atoms. The molecule has 1 fully saturated rings. The summed E-state index contributed by atoms with van der Waals surface area (Å²) in [7, 11) is 1.64. The fourth-order valence-electron chi connectivity index (χ4n) is 4.10. The maximum absolute atomic E-state index is 9.95. The quantitative estimate of drug-likeness (QED) is 0.541. The summed E-state index contributed by atoms with van der Waals surface area (Å²) in [5.41, 5.74) is 10.3. The zero-order valence-electron chi connectivity index (χ0n) is 20.1. The Hall–Kier alpha value is -3.38. The summed E-state index contributed by atoms with van der Waals surface area (Å²) in [6, 6.07) is 16.5. The third kappa shape index (κ3) is 7.61. The summed E-state index contributed by atoms with van der Waals surface area (Å²) in [5, 5.41) is 14.8. The van der Waals surface area contributed by atoms with E-state index in [0.29, 0.717) is 11.7 Å². The molecule has 6 heteroatoms. The molecule has 1 saturated heterocycles. The van der Waals surface area contributed by atoms with Gasteiger partial charge in [0.2, 0.25) is 0 Å². The fraction of sp³-hybridized carbons (Fsp3) is 0.333. The predicted molar refractivity (Wildman–Crippen MR) is 139 cm³/mol. The van der Waals surface area contributed by atoms with Gasteiger partial charge >= 0.3 is 0 Å². The Kier molecular flexibility index (Phi) is 10.4. The lowest BCUT2D eigenvalue weighted by molar-refractivity contribution is 0.252. The highest BCUT2D eigenvalue weighted by molar-refractivity contribution is 5.65. The van der Waals surface area contributed by atoms with Gasteiger partial charge in [0.25, 0.3) is 0 Å². The van der Waals surface area contributed by atoms with Crippen molar-refractivity contribution in [2.75, 3.05) is 20.1 Å². The molecule has 4 rings (SSSR count). The molecular weight excluding hydrogens is 410 g/mol. The summed E-state index contributed by atoms with van der Waals surface area (Å²) in [6.45, 7) is 13.4. The standard InChI is InChI=1S/C23H27N3O.2C2H5N/c1-3-18-15-26(24-23(18)21-11-17(2)12-22(27)13-21)16-25-10-9-20(14-25)19-7-5-4-6-8-19;1-3-2;1-2-3/h4-8,11-13,15,20,27H,3,9-10,14,16H2,1-2H3;1H2,2H3;2H,1,3H2. The molecule has 6 nitrogen and oxygen atoms in total. The predicted octanol–water partition coefficient (Wildman–Crippen LogP) is 4.98. The molecule has 33 heavy (non-hydrogen) atoms. The van der Waals surface area contributed by atoms with E-state index in [4.69, 9.17) is 5.10 Å². The van der Waals surface area contributed by atoms with Gasteiger partial charge in [-0.05, 0) is 73.5 Å². The minimum Gasteiger partial charge on any atom is -0.508 e. The first-order valence-electron chi connectivity index (χ1n) is 11.3. The Morgan fingerprint density at radius 1 is 1.24 bits per heavy atom. The largest absolute Gasteiger partial charge is 0.508 e. The molecule has 176 valence electrons. The van der Waals surface area contributed by atoms with Gasteiger partial charge in [0.05, 0.1) is 12.4 Å². The molecule has 0 bridgehead atoms. The normalized spacial score (nSPS) is 15.1. The van der Waals surface area contributed by atoms with Crippen LogP contribution in [0.3, 0.4) is 0 Å². The van der Waals surface area contributed by atoms with Gasteiger partial charge in [0.1, 0.15) is 5.75 Å². The van der Waals surface area contributed by atoms with Crippen LogP contribution in [-0.4, -0.2) is 46.6 Å². The van der Waals surface area contributed by atoms with Gasteiger partial charge in [-0.3, -0.25) is 9.58 Å².